The van der Waals surface area contributed by atoms with E-state index in [2.05, 4.69) is 25.6 Å². The normalized spacial score (nSPS) is 14.0. The summed E-state index contributed by atoms with van der Waals surface area (Å²) in [4.78, 5) is 28.7. The lowest BCUT2D eigenvalue weighted by Gasteiger charge is -2.26. The van der Waals surface area contributed by atoms with E-state index in [0.717, 1.165) is 22.6 Å². The van der Waals surface area contributed by atoms with E-state index in [1.807, 2.05) is 17.9 Å². The van der Waals surface area contributed by atoms with Crippen LogP contribution in [0, 0.1) is 13.8 Å². The number of aromatic nitrogens is 3. The van der Waals surface area contributed by atoms with Gasteiger partial charge in [0, 0.05) is 29.4 Å². The van der Waals surface area contributed by atoms with Crippen molar-refractivity contribution < 1.29 is 22.7 Å². The molecule has 4 rings (SSSR count). The number of rotatable bonds is 5. The summed E-state index contributed by atoms with van der Waals surface area (Å²) in [6.07, 6.45) is -4.64. The van der Waals surface area contributed by atoms with Crippen LogP contribution in [-0.4, -0.2) is 47.3 Å². The smallest absolute Gasteiger partial charge is 0.378 e. The maximum absolute atomic E-state index is 13.1. The molecule has 1 aromatic heterocycles. The maximum atomic E-state index is 13.1. The maximum Gasteiger partial charge on any atom is 0.417 e. The molecule has 1 saturated heterocycles. The van der Waals surface area contributed by atoms with Crippen LogP contribution in [0.5, 0.6) is 0 Å². The zero-order valence-corrected chi connectivity index (χ0v) is 20.9. The highest BCUT2D eigenvalue weighted by molar-refractivity contribution is 7.99. The van der Waals surface area contributed by atoms with Crippen LogP contribution < -0.4 is 15.5 Å². The molecule has 0 spiro atoms. The first-order chi connectivity index (χ1) is 17.1. The van der Waals surface area contributed by atoms with Crippen LogP contribution in [0.25, 0.3) is 0 Å². The Labute approximate surface area is 214 Å². The third kappa shape index (κ3) is 6.56. The topological polar surface area (TPSA) is 92.3 Å². The van der Waals surface area contributed by atoms with Gasteiger partial charge in [-0.25, -0.2) is 9.78 Å². The summed E-state index contributed by atoms with van der Waals surface area (Å²) in [5.41, 5.74) is 0.316. The molecule has 0 unspecified atom stereocenters. The van der Waals surface area contributed by atoms with Crippen molar-refractivity contribution in [1.82, 2.24) is 15.0 Å². The predicted octanol–water partition coefficient (Wildman–Crippen LogP) is 5.79. The number of alkyl halides is 3. The van der Waals surface area contributed by atoms with Crippen molar-refractivity contribution in [2.45, 2.75) is 30.1 Å². The summed E-state index contributed by atoms with van der Waals surface area (Å²) in [7, 11) is 0. The third-order valence-electron chi connectivity index (χ3n) is 5.19. The quantitative estimate of drug-likeness (QED) is 0.424. The van der Waals surface area contributed by atoms with Gasteiger partial charge in [-0.1, -0.05) is 17.7 Å². The molecule has 190 valence electrons. The van der Waals surface area contributed by atoms with Crippen LogP contribution in [-0.2, 0) is 10.9 Å². The van der Waals surface area contributed by atoms with E-state index in [4.69, 9.17) is 16.3 Å². The van der Waals surface area contributed by atoms with Gasteiger partial charge in [0.15, 0.2) is 5.16 Å². The van der Waals surface area contributed by atoms with E-state index in [-0.39, 0.29) is 5.69 Å². The number of amides is 2. The molecule has 2 aromatic carbocycles. The third-order valence-corrected chi connectivity index (χ3v) is 6.54. The fourth-order valence-electron chi connectivity index (χ4n) is 3.39. The number of halogens is 4. The summed E-state index contributed by atoms with van der Waals surface area (Å²) in [6, 6.07) is 7.73. The first kappa shape index (κ1) is 26.0. The molecule has 0 saturated carbocycles. The van der Waals surface area contributed by atoms with Gasteiger partial charge in [0.05, 0.1) is 23.8 Å². The minimum absolute atomic E-state index is 0.0396. The van der Waals surface area contributed by atoms with E-state index in [1.54, 1.807) is 19.1 Å². The van der Waals surface area contributed by atoms with E-state index < -0.39 is 22.8 Å². The number of ether oxygens (including phenoxy) is 1. The molecule has 8 nitrogen and oxygen atoms in total. The average molecular weight is 539 g/mol. The zero-order valence-electron chi connectivity index (χ0n) is 19.3. The Morgan fingerprint density at radius 3 is 2.39 bits per heavy atom. The van der Waals surface area contributed by atoms with Crippen LogP contribution >= 0.6 is 23.4 Å². The van der Waals surface area contributed by atoms with Gasteiger partial charge in [0.1, 0.15) is 5.82 Å². The van der Waals surface area contributed by atoms with Gasteiger partial charge in [0.2, 0.25) is 5.95 Å². The predicted molar refractivity (Wildman–Crippen MR) is 132 cm³/mol. The van der Waals surface area contributed by atoms with Crippen LogP contribution in [0.1, 0.15) is 17.0 Å². The highest BCUT2D eigenvalue weighted by atomic mass is 35.5. The Bertz CT molecular complexity index is 1270. The minimum Gasteiger partial charge on any atom is -0.378 e. The van der Waals surface area contributed by atoms with Gasteiger partial charge in [-0.2, -0.15) is 23.1 Å². The Morgan fingerprint density at radius 2 is 1.69 bits per heavy atom. The van der Waals surface area contributed by atoms with E-state index in [0.29, 0.717) is 48.9 Å². The van der Waals surface area contributed by atoms with Gasteiger partial charge >= 0.3 is 12.2 Å². The molecule has 1 aliphatic heterocycles. The van der Waals surface area contributed by atoms with Crippen LogP contribution in [0.3, 0.4) is 0 Å². The van der Waals surface area contributed by atoms with Crippen molar-refractivity contribution in [1.29, 1.82) is 0 Å². The number of nitrogens with one attached hydrogen (secondary N) is 2. The summed E-state index contributed by atoms with van der Waals surface area (Å²) < 4.78 is 44.7. The Hall–Kier alpha value is -3.09. The number of nitrogens with zero attached hydrogens (tertiary/aromatic N) is 4. The Morgan fingerprint density at radius 1 is 1.03 bits per heavy atom. The lowest BCUT2D eigenvalue weighted by molar-refractivity contribution is -0.137. The van der Waals surface area contributed by atoms with Crippen molar-refractivity contribution in [2.75, 3.05) is 41.8 Å². The number of carbonyl (C=O) groups excluding carboxylic acids is 1. The van der Waals surface area contributed by atoms with Gasteiger partial charge in [-0.15, -0.1) is 0 Å². The Kier molecular flexibility index (Phi) is 7.86. The molecule has 0 bridgehead atoms. The fraction of sp³-hybridized carbons (Fsp3) is 0.304. The van der Waals surface area contributed by atoms with Crippen LogP contribution in [0.4, 0.5) is 35.3 Å². The van der Waals surface area contributed by atoms with Crippen LogP contribution in [0.2, 0.25) is 5.02 Å². The van der Waals surface area contributed by atoms with Crippen molar-refractivity contribution in [2.24, 2.45) is 0 Å². The molecule has 0 atom stereocenters. The van der Waals surface area contributed by atoms with Gasteiger partial charge in [0.25, 0.3) is 0 Å². The van der Waals surface area contributed by atoms with Gasteiger partial charge < -0.3 is 20.3 Å². The monoisotopic (exact) mass is 538 g/mol. The first-order valence-electron chi connectivity index (χ1n) is 10.9. The van der Waals surface area contributed by atoms with Crippen molar-refractivity contribution in [3.05, 3.63) is 58.4 Å². The standard InChI is InChI=1S/C23H22ClF3N6O2S/c1-13-3-4-16(31-21(34)30-15-5-6-18(24)17(11-15)23(25,26)27)12-19(13)36-22-29-14(2)28-20(32-22)33-7-9-35-10-8-33/h3-6,11-12H,7-10H2,1-2H3,(H2,30,31,34). The highest BCUT2D eigenvalue weighted by Gasteiger charge is 2.33. The largest absolute Gasteiger partial charge is 0.417 e. The molecule has 0 aliphatic carbocycles. The zero-order chi connectivity index (χ0) is 25.9. The number of benzene rings is 2. The molecule has 2 heterocycles. The number of urea groups is 1. The molecule has 13 heteroatoms. The lowest BCUT2D eigenvalue weighted by Crippen LogP contribution is -2.37. The SMILES string of the molecule is Cc1nc(Sc2cc(NC(=O)Nc3ccc(Cl)c(C(F)(F)F)c3)ccc2C)nc(N2CCOCC2)n1. The molecule has 0 radical (unpaired) electrons. The number of aryl methyl sites for hydroxylation is 2. The summed E-state index contributed by atoms with van der Waals surface area (Å²) in [5, 5.41) is 5.10. The Balaban J connectivity index is 1.47. The average Bonchev–Trinajstić information content (AvgIpc) is 2.82. The molecule has 3 aromatic rings. The number of carbonyl (C=O) groups is 1. The van der Waals surface area contributed by atoms with Crippen molar-refractivity contribution in [3.63, 3.8) is 0 Å². The van der Waals surface area contributed by atoms with Gasteiger partial charge in [-0.3, -0.25) is 0 Å². The second-order valence-corrected chi connectivity index (χ2v) is 9.33. The summed E-state index contributed by atoms with van der Waals surface area (Å²) >= 11 is 6.96. The first-order valence-corrected chi connectivity index (χ1v) is 12.1. The van der Waals surface area contributed by atoms with E-state index >= 15 is 0 Å². The molecule has 36 heavy (non-hydrogen) atoms. The number of hydrogen-bond acceptors (Lipinski definition) is 7. The molecule has 2 amide bonds. The molecule has 1 aliphatic rings. The van der Waals surface area contributed by atoms with Crippen molar-refractivity contribution >= 4 is 46.7 Å². The molecule has 2 N–H and O–H groups in total. The number of morpholine rings is 1. The number of anilines is 3. The van der Waals surface area contributed by atoms with E-state index in [1.165, 1.54) is 17.8 Å². The summed E-state index contributed by atoms with van der Waals surface area (Å²) in [6.45, 7) is 6.31. The van der Waals surface area contributed by atoms with Crippen LogP contribution in [0.15, 0.2) is 46.5 Å². The van der Waals surface area contributed by atoms with E-state index in [9.17, 15) is 18.0 Å². The van der Waals surface area contributed by atoms with Crippen molar-refractivity contribution in [3.8, 4) is 0 Å². The molecular weight excluding hydrogens is 517 g/mol. The molecular formula is C23H22ClF3N6O2S. The minimum atomic E-state index is -4.64. The lowest BCUT2D eigenvalue weighted by atomic mass is 10.2. The highest BCUT2D eigenvalue weighted by Crippen LogP contribution is 2.36. The second kappa shape index (κ2) is 10.9. The fourth-order valence-corrected chi connectivity index (χ4v) is 4.54. The second-order valence-electron chi connectivity index (χ2n) is 7.92. The number of hydrogen-bond donors (Lipinski definition) is 2. The summed E-state index contributed by atoms with van der Waals surface area (Å²) in [5.74, 6) is 1.17. The van der Waals surface area contributed by atoms with Gasteiger partial charge in [-0.05, 0) is 61.5 Å². The molecule has 1 fully saturated rings.